The smallest absolute Gasteiger partial charge is 0.139 e. The van der Waals surface area contributed by atoms with Crippen molar-refractivity contribution in [1.82, 2.24) is 0 Å². The van der Waals surface area contributed by atoms with Crippen LogP contribution in [0.15, 0.2) is 18.2 Å². The number of ether oxygens (including phenoxy) is 1. The molecular weight excluding hydrogens is 173 g/mol. The lowest BCUT2D eigenvalue weighted by atomic mass is 9.94. The van der Waals surface area contributed by atoms with Crippen LogP contribution in [0.25, 0.3) is 0 Å². The van der Waals surface area contributed by atoms with E-state index in [0.29, 0.717) is 5.56 Å². The van der Waals surface area contributed by atoms with Crippen LogP contribution in [0.4, 0.5) is 0 Å². The van der Waals surface area contributed by atoms with Crippen molar-refractivity contribution in [2.45, 2.75) is 12.8 Å². The number of rotatable bonds is 3. The van der Waals surface area contributed by atoms with Crippen LogP contribution in [-0.4, -0.2) is 14.5 Å². The minimum Gasteiger partial charge on any atom is -0.493 e. The van der Waals surface area contributed by atoms with Gasteiger partial charge in [-0.15, -0.1) is 0 Å². The summed E-state index contributed by atoms with van der Waals surface area (Å²) in [5.74, 6) is 1.58. The first-order valence-electron chi connectivity index (χ1n) is 4.92. The molecule has 0 atom stereocenters. The van der Waals surface area contributed by atoms with Crippen LogP contribution < -0.4 is 10.2 Å². The Hall–Kier alpha value is -1.43. The molecule has 0 spiro atoms. The minimum absolute atomic E-state index is 0.677. The third-order valence-corrected chi connectivity index (χ3v) is 2.36. The van der Waals surface area contributed by atoms with Gasteiger partial charge in [-0.2, -0.15) is 5.26 Å². The predicted molar refractivity (Wildman–Crippen MR) is 57.6 cm³/mol. The molecule has 0 aromatic heterocycles. The van der Waals surface area contributed by atoms with Crippen LogP contribution in [0.2, 0.25) is 0 Å². The maximum Gasteiger partial charge on any atom is 0.139 e. The highest BCUT2D eigenvalue weighted by molar-refractivity contribution is 6.32. The van der Waals surface area contributed by atoms with E-state index in [0.717, 1.165) is 23.7 Å². The molecule has 3 heteroatoms. The van der Waals surface area contributed by atoms with Crippen molar-refractivity contribution in [1.29, 1.82) is 5.26 Å². The van der Waals surface area contributed by atoms with Gasteiger partial charge >= 0.3 is 0 Å². The largest absolute Gasteiger partial charge is 0.493 e. The molecule has 2 rings (SSSR count). The number of hydrogen-bond donors (Lipinski definition) is 0. The fourth-order valence-electron chi connectivity index (χ4n) is 1.39. The van der Waals surface area contributed by atoms with Crippen molar-refractivity contribution in [3.8, 4) is 11.8 Å². The second-order valence-electron chi connectivity index (χ2n) is 3.90. The van der Waals surface area contributed by atoms with Gasteiger partial charge in [-0.1, -0.05) is 11.5 Å². The molecule has 0 radical (unpaired) electrons. The summed E-state index contributed by atoms with van der Waals surface area (Å²) in [5, 5.41) is 8.77. The van der Waals surface area contributed by atoms with Gasteiger partial charge in [-0.25, -0.2) is 0 Å². The van der Waals surface area contributed by atoms with Crippen LogP contribution in [-0.2, 0) is 0 Å². The van der Waals surface area contributed by atoms with Crippen molar-refractivity contribution >= 4 is 13.3 Å². The second-order valence-corrected chi connectivity index (χ2v) is 3.90. The molecule has 0 N–H and O–H groups in total. The molecule has 1 saturated carbocycles. The molecule has 1 aromatic carbocycles. The van der Waals surface area contributed by atoms with Gasteiger partial charge in [0.1, 0.15) is 13.6 Å². The Bertz CT molecular complexity index is 379. The van der Waals surface area contributed by atoms with Gasteiger partial charge in [0.05, 0.1) is 18.2 Å². The molecule has 1 aliphatic rings. The molecule has 14 heavy (non-hydrogen) atoms. The maximum absolute atomic E-state index is 8.77. The summed E-state index contributed by atoms with van der Waals surface area (Å²) in [6.45, 7) is 0.800. The highest BCUT2D eigenvalue weighted by atomic mass is 16.5. The van der Waals surface area contributed by atoms with Gasteiger partial charge in [0.2, 0.25) is 0 Å². The summed E-state index contributed by atoms with van der Waals surface area (Å²) in [7, 11) is 1.98. The van der Waals surface area contributed by atoms with Crippen LogP contribution in [0.3, 0.4) is 0 Å². The van der Waals surface area contributed by atoms with Crippen molar-refractivity contribution < 1.29 is 4.74 Å². The monoisotopic (exact) mass is 185 g/mol. The Morgan fingerprint density at radius 1 is 1.43 bits per heavy atom. The number of nitrogens with zero attached hydrogens (tertiary/aromatic N) is 1. The summed E-state index contributed by atoms with van der Waals surface area (Å²) in [5.41, 5.74) is 1.76. The molecular formula is C11H12BNO. The van der Waals surface area contributed by atoms with E-state index in [2.05, 4.69) is 6.07 Å². The quantitative estimate of drug-likeness (QED) is 0.646. The van der Waals surface area contributed by atoms with E-state index in [-0.39, 0.29) is 0 Å². The standard InChI is InChI=1S/C11H12BNO/c12-10-3-9(6-13)4-11(5-10)14-7-8-1-2-8/h3-5,8H,1-2,7,12H2. The van der Waals surface area contributed by atoms with E-state index in [9.17, 15) is 0 Å². The van der Waals surface area contributed by atoms with Crippen LogP contribution in [0, 0.1) is 17.2 Å². The van der Waals surface area contributed by atoms with Gasteiger partial charge in [-0.05, 0) is 30.9 Å². The Kier molecular flexibility index (Phi) is 2.45. The number of benzene rings is 1. The Morgan fingerprint density at radius 2 is 2.21 bits per heavy atom. The van der Waals surface area contributed by atoms with Gasteiger partial charge in [0.15, 0.2) is 0 Å². The lowest BCUT2D eigenvalue weighted by Gasteiger charge is -2.06. The summed E-state index contributed by atoms with van der Waals surface area (Å²) in [6, 6.07) is 7.77. The van der Waals surface area contributed by atoms with Crippen LogP contribution >= 0.6 is 0 Å². The average Bonchev–Trinajstić information content (AvgIpc) is 2.97. The predicted octanol–water partition coefficient (Wildman–Crippen LogP) is 0.605. The van der Waals surface area contributed by atoms with E-state index in [1.54, 1.807) is 6.07 Å². The summed E-state index contributed by atoms with van der Waals surface area (Å²) in [6.07, 6.45) is 2.58. The third kappa shape index (κ3) is 2.29. The van der Waals surface area contributed by atoms with E-state index in [1.807, 2.05) is 20.0 Å². The molecule has 0 bridgehead atoms. The van der Waals surface area contributed by atoms with E-state index >= 15 is 0 Å². The minimum atomic E-state index is 0.677. The molecule has 2 nitrogen and oxygen atoms in total. The van der Waals surface area contributed by atoms with Crippen molar-refractivity contribution in [2.75, 3.05) is 6.61 Å². The van der Waals surface area contributed by atoms with Gasteiger partial charge < -0.3 is 4.74 Å². The van der Waals surface area contributed by atoms with Crippen molar-refractivity contribution in [3.05, 3.63) is 23.8 Å². The third-order valence-electron chi connectivity index (χ3n) is 2.36. The summed E-state index contributed by atoms with van der Waals surface area (Å²) < 4.78 is 5.60. The topological polar surface area (TPSA) is 33.0 Å². The highest BCUT2D eigenvalue weighted by Gasteiger charge is 2.21. The lowest BCUT2D eigenvalue weighted by molar-refractivity contribution is 0.300. The van der Waals surface area contributed by atoms with Gasteiger partial charge in [0.25, 0.3) is 0 Å². The number of nitriles is 1. The molecule has 1 aliphatic carbocycles. The summed E-state index contributed by atoms with van der Waals surface area (Å²) >= 11 is 0. The fourth-order valence-corrected chi connectivity index (χ4v) is 1.39. The van der Waals surface area contributed by atoms with E-state index < -0.39 is 0 Å². The highest BCUT2D eigenvalue weighted by Crippen LogP contribution is 2.29. The first kappa shape index (κ1) is 9.14. The zero-order valence-corrected chi connectivity index (χ0v) is 8.29. The van der Waals surface area contributed by atoms with Gasteiger partial charge in [0, 0.05) is 0 Å². The maximum atomic E-state index is 8.77. The molecule has 0 heterocycles. The Labute approximate surface area is 84.9 Å². The average molecular weight is 185 g/mol. The SMILES string of the molecule is Bc1cc(C#N)cc(OCC2CC2)c1. The van der Waals surface area contributed by atoms with Crippen LogP contribution in [0.5, 0.6) is 5.75 Å². The molecule has 0 saturated heterocycles. The first-order chi connectivity index (χ1) is 6.78. The molecule has 0 unspecified atom stereocenters. The molecule has 1 fully saturated rings. The van der Waals surface area contributed by atoms with Crippen molar-refractivity contribution in [2.24, 2.45) is 5.92 Å². The van der Waals surface area contributed by atoms with E-state index in [4.69, 9.17) is 10.00 Å². The molecule has 70 valence electrons. The number of hydrogen-bond acceptors (Lipinski definition) is 2. The van der Waals surface area contributed by atoms with Gasteiger partial charge in [-0.3, -0.25) is 0 Å². The van der Waals surface area contributed by atoms with Crippen molar-refractivity contribution in [3.63, 3.8) is 0 Å². The molecule has 0 aliphatic heterocycles. The molecule has 1 aromatic rings. The zero-order valence-electron chi connectivity index (χ0n) is 8.29. The summed E-state index contributed by atoms with van der Waals surface area (Å²) in [4.78, 5) is 0. The second kappa shape index (κ2) is 3.75. The first-order valence-corrected chi connectivity index (χ1v) is 4.92. The van der Waals surface area contributed by atoms with E-state index in [1.165, 1.54) is 12.8 Å². The Morgan fingerprint density at radius 3 is 2.86 bits per heavy atom. The zero-order chi connectivity index (χ0) is 9.97. The normalized spacial score (nSPS) is 14.8. The molecule has 0 amide bonds. The Balaban J connectivity index is 2.07. The lowest BCUT2D eigenvalue weighted by Crippen LogP contribution is -2.06. The van der Waals surface area contributed by atoms with Crippen LogP contribution in [0.1, 0.15) is 18.4 Å². The fraction of sp³-hybridized carbons (Fsp3) is 0.364.